The maximum absolute atomic E-state index is 15.0. The van der Waals surface area contributed by atoms with Gasteiger partial charge in [-0.05, 0) is 72.4 Å². The number of benzene rings is 4. The van der Waals surface area contributed by atoms with E-state index >= 15 is 0 Å². The van der Waals surface area contributed by atoms with Gasteiger partial charge in [-0.1, -0.05) is 48.5 Å². The van der Waals surface area contributed by atoms with Crippen LogP contribution in [-0.4, -0.2) is 103 Å². The molecule has 66 heavy (non-hydrogen) atoms. The van der Waals surface area contributed by atoms with Crippen LogP contribution in [0.25, 0.3) is 0 Å². The molecule has 5 aromatic rings. The molecule has 3 aliphatic heterocycles. The fraction of sp³-hybridized carbons (Fsp3) is 0.312. The molecule has 0 aliphatic carbocycles. The van der Waals surface area contributed by atoms with Crippen molar-refractivity contribution in [2.75, 3.05) is 51.6 Å². The first-order valence-corrected chi connectivity index (χ1v) is 22.3. The summed E-state index contributed by atoms with van der Waals surface area (Å²) in [5.41, 5.74) is 3.49. The van der Waals surface area contributed by atoms with Crippen LogP contribution in [0.1, 0.15) is 78.6 Å². The van der Waals surface area contributed by atoms with Crippen molar-refractivity contribution in [3.8, 4) is 11.5 Å². The Hall–Kier alpha value is -6.86. The molecule has 16 nitrogen and oxygen atoms in total. The van der Waals surface area contributed by atoms with Crippen molar-refractivity contribution in [2.45, 2.75) is 50.9 Å². The van der Waals surface area contributed by atoms with Crippen molar-refractivity contribution in [1.29, 1.82) is 0 Å². The highest BCUT2D eigenvalue weighted by Crippen LogP contribution is 2.39. The number of thiazole rings is 1. The lowest BCUT2D eigenvalue weighted by Gasteiger charge is -2.28. The number of hydrogen-bond acceptors (Lipinski definition) is 13. The first-order chi connectivity index (χ1) is 32.2. The van der Waals surface area contributed by atoms with Crippen LogP contribution in [-0.2, 0) is 48.2 Å². The lowest BCUT2D eigenvalue weighted by atomic mass is 9.99. The van der Waals surface area contributed by atoms with E-state index in [4.69, 9.17) is 23.7 Å². The number of anilines is 1. The summed E-state index contributed by atoms with van der Waals surface area (Å²) in [6.45, 7) is 2.46. The molecule has 4 heterocycles. The van der Waals surface area contributed by atoms with Crippen molar-refractivity contribution < 1.29 is 56.8 Å². The first kappa shape index (κ1) is 45.7. The average Bonchev–Trinajstić information content (AvgIpc) is 4.01. The Morgan fingerprint density at radius 1 is 0.818 bits per heavy atom. The molecule has 1 fully saturated rings. The van der Waals surface area contributed by atoms with E-state index in [0.717, 1.165) is 21.6 Å². The lowest BCUT2D eigenvalue weighted by molar-refractivity contribution is -0.136. The number of halogens is 1. The first-order valence-electron chi connectivity index (χ1n) is 21.5. The van der Waals surface area contributed by atoms with E-state index in [1.807, 2.05) is 48.5 Å². The zero-order chi connectivity index (χ0) is 46.0. The quantitative estimate of drug-likeness (QED) is 0.0641. The summed E-state index contributed by atoms with van der Waals surface area (Å²) < 4.78 is 43.9. The molecule has 342 valence electrons. The molecule has 8 rings (SSSR count). The number of fused-ring (bicyclic) bond motifs is 2. The number of carbonyl (C=O) groups excluding carboxylic acids is 6. The maximum atomic E-state index is 15.0. The summed E-state index contributed by atoms with van der Waals surface area (Å²) in [5, 5.41) is 7.05. The summed E-state index contributed by atoms with van der Waals surface area (Å²) in [6.07, 6.45) is 2.84. The van der Waals surface area contributed by atoms with Crippen LogP contribution >= 0.6 is 11.3 Å². The highest BCUT2D eigenvalue weighted by atomic mass is 32.1. The van der Waals surface area contributed by atoms with Gasteiger partial charge >= 0.3 is 0 Å². The average molecular weight is 920 g/mol. The topological polar surface area (TPSA) is 192 Å². The number of hydrogen-bond donors (Lipinski definition) is 2. The lowest BCUT2D eigenvalue weighted by Crippen LogP contribution is -2.54. The van der Waals surface area contributed by atoms with E-state index in [1.165, 1.54) is 46.6 Å². The third-order valence-electron chi connectivity index (χ3n) is 11.2. The largest absolute Gasteiger partial charge is 0.491 e. The summed E-state index contributed by atoms with van der Waals surface area (Å²) in [7, 11) is 0. The second kappa shape index (κ2) is 21.4. The highest BCUT2D eigenvalue weighted by molar-refractivity contribution is 7.13. The molecule has 0 bridgehead atoms. The molecule has 1 saturated heterocycles. The second-order valence-corrected chi connectivity index (χ2v) is 16.4. The Morgan fingerprint density at radius 3 is 2.33 bits per heavy atom. The zero-order valence-electron chi connectivity index (χ0n) is 35.7. The fourth-order valence-electron chi connectivity index (χ4n) is 8.05. The van der Waals surface area contributed by atoms with Gasteiger partial charge in [-0.15, -0.1) is 11.3 Å². The van der Waals surface area contributed by atoms with E-state index < -0.39 is 47.4 Å². The van der Waals surface area contributed by atoms with Crippen LogP contribution in [0.2, 0.25) is 0 Å². The van der Waals surface area contributed by atoms with Crippen molar-refractivity contribution in [3.63, 3.8) is 0 Å². The van der Waals surface area contributed by atoms with Gasteiger partial charge in [-0.25, -0.2) is 9.37 Å². The number of carbonyl (C=O) groups is 6. The van der Waals surface area contributed by atoms with Crippen LogP contribution in [0.4, 0.5) is 9.52 Å². The van der Waals surface area contributed by atoms with Gasteiger partial charge in [-0.2, -0.15) is 0 Å². The normalized spacial score (nSPS) is 16.0. The van der Waals surface area contributed by atoms with E-state index in [0.29, 0.717) is 62.3 Å². The molecule has 4 aromatic carbocycles. The number of rotatable bonds is 22. The number of aryl methyl sites for hydroxylation is 1. The number of amides is 6. The van der Waals surface area contributed by atoms with Crippen LogP contribution in [0, 0.1) is 5.82 Å². The molecule has 18 heteroatoms. The molecule has 2 unspecified atom stereocenters. The van der Waals surface area contributed by atoms with Gasteiger partial charge in [0.25, 0.3) is 23.6 Å². The van der Waals surface area contributed by atoms with Crippen molar-refractivity contribution in [1.82, 2.24) is 20.1 Å². The summed E-state index contributed by atoms with van der Waals surface area (Å²) in [5.74, 6) is -3.13. The molecule has 0 saturated carbocycles. The minimum Gasteiger partial charge on any atom is -0.491 e. The van der Waals surface area contributed by atoms with Crippen LogP contribution < -0.4 is 20.1 Å². The minimum absolute atomic E-state index is 0.0408. The van der Waals surface area contributed by atoms with Crippen molar-refractivity contribution >= 4 is 51.9 Å². The Bertz CT molecular complexity index is 2590. The summed E-state index contributed by atoms with van der Waals surface area (Å²) in [6, 6.07) is 21.3. The van der Waals surface area contributed by atoms with Gasteiger partial charge in [0, 0.05) is 42.3 Å². The SMILES string of the molecule is O=C1CCC(N2C(=O)c3ccc(OCCOCCOCCOCCCc4cccc5c4C(=O)N(C(C(=O)Nc4nccs4)c4cc(F)ccc4OCc4ccccc4)C5)cc3C2=O)C(=O)N1. The van der Waals surface area contributed by atoms with Gasteiger partial charge in [0.2, 0.25) is 11.8 Å². The van der Waals surface area contributed by atoms with Gasteiger partial charge in [0.05, 0.1) is 44.2 Å². The number of ether oxygens (including phenoxy) is 5. The van der Waals surface area contributed by atoms with Crippen LogP contribution in [0.5, 0.6) is 11.5 Å². The predicted octanol–water partition coefficient (Wildman–Crippen LogP) is 5.66. The highest BCUT2D eigenvalue weighted by Gasteiger charge is 2.45. The number of piperidine rings is 1. The molecule has 0 radical (unpaired) electrons. The van der Waals surface area contributed by atoms with Crippen LogP contribution in [0.15, 0.2) is 96.5 Å². The Labute approximate surface area is 382 Å². The van der Waals surface area contributed by atoms with Crippen molar-refractivity contribution in [2.24, 2.45) is 0 Å². The number of aromatic nitrogens is 1. The number of imide groups is 2. The van der Waals surface area contributed by atoms with E-state index in [-0.39, 0.29) is 67.6 Å². The molecular weight excluding hydrogens is 874 g/mol. The third-order valence-corrected chi connectivity index (χ3v) is 11.9. The van der Waals surface area contributed by atoms with Gasteiger partial charge in [0.15, 0.2) is 5.13 Å². The molecule has 6 amide bonds. The van der Waals surface area contributed by atoms with E-state index in [1.54, 1.807) is 17.6 Å². The second-order valence-electron chi connectivity index (χ2n) is 15.5. The van der Waals surface area contributed by atoms with E-state index in [2.05, 4.69) is 15.6 Å². The van der Waals surface area contributed by atoms with Crippen molar-refractivity contribution in [3.05, 3.63) is 141 Å². The molecule has 2 atom stereocenters. The zero-order valence-corrected chi connectivity index (χ0v) is 36.5. The molecule has 1 aromatic heterocycles. The Kier molecular flexibility index (Phi) is 14.8. The smallest absolute Gasteiger partial charge is 0.262 e. The van der Waals surface area contributed by atoms with Gasteiger partial charge < -0.3 is 28.6 Å². The monoisotopic (exact) mass is 919 g/mol. The number of nitrogens with zero attached hydrogens (tertiary/aromatic N) is 3. The molecule has 2 N–H and O–H groups in total. The Balaban J connectivity index is 0.761. The predicted molar refractivity (Wildman–Crippen MR) is 236 cm³/mol. The molecule has 0 spiro atoms. The standard InChI is InChI=1S/C48H46FN5O11S/c49-33-11-15-39(65-29-30-6-2-1-3-7-30)37(26-33)42(44(57)52-48-50-17-25-66-48)53-28-32-9-4-8-31(41(32)47(53)60)10-5-18-61-19-20-62-21-22-63-23-24-64-34-12-13-35-36(27-34)46(59)54(45(35)58)38-14-16-40(55)51-43(38)56/h1-4,6-9,11-13,15,17,25-27,38,42H,5,10,14,16,18-24,28-29H2,(H,50,52,57)(H,51,55,56). The Morgan fingerprint density at radius 2 is 1.58 bits per heavy atom. The van der Waals surface area contributed by atoms with Gasteiger partial charge in [0.1, 0.15) is 42.6 Å². The fourth-order valence-corrected chi connectivity index (χ4v) is 8.58. The number of nitrogens with one attached hydrogen (secondary N) is 2. The van der Waals surface area contributed by atoms with E-state index in [9.17, 15) is 33.2 Å². The third kappa shape index (κ3) is 10.6. The maximum Gasteiger partial charge on any atom is 0.262 e. The summed E-state index contributed by atoms with van der Waals surface area (Å²) in [4.78, 5) is 84.7. The molecular formula is C48H46FN5O11S. The minimum atomic E-state index is -1.23. The van der Waals surface area contributed by atoms with Crippen LogP contribution in [0.3, 0.4) is 0 Å². The molecule has 3 aliphatic rings. The summed E-state index contributed by atoms with van der Waals surface area (Å²) >= 11 is 1.23. The van der Waals surface area contributed by atoms with Gasteiger partial charge in [-0.3, -0.25) is 44.3 Å².